The van der Waals surface area contributed by atoms with Crippen molar-refractivity contribution < 1.29 is 4.74 Å². The van der Waals surface area contributed by atoms with E-state index in [2.05, 4.69) is 39.0 Å². The molecule has 4 heteroatoms. The lowest BCUT2D eigenvalue weighted by Gasteiger charge is -2.08. The highest BCUT2D eigenvalue weighted by Crippen LogP contribution is 2.27. The highest BCUT2D eigenvalue weighted by atomic mass is 32.1. The number of hydrogen-bond acceptors (Lipinski definition) is 4. The summed E-state index contributed by atoms with van der Waals surface area (Å²) in [5, 5.41) is 1.01. The number of hydrogen-bond donors (Lipinski definition) is 1. The molecule has 0 aliphatic rings. The predicted molar refractivity (Wildman–Crippen MR) is 89.0 cm³/mol. The third-order valence-corrected chi connectivity index (χ3v) is 4.64. The van der Waals surface area contributed by atoms with Crippen LogP contribution in [0.1, 0.15) is 53.0 Å². The number of benzene rings is 1. The van der Waals surface area contributed by atoms with Gasteiger partial charge in [0.1, 0.15) is 17.4 Å². The summed E-state index contributed by atoms with van der Waals surface area (Å²) in [5.41, 5.74) is 9.53. The number of ether oxygens (including phenoxy) is 1. The number of rotatable bonds is 6. The highest BCUT2D eigenvalue weighted by Gasteiger charge is 2.14. The third-order valence-electron chi connectivity index (χ3n) is 3.37. The van der Waals surface area contributed by atoms with Crippen molar-refractivity contribution in [3.63, 3.8) is 0 Å². The van der Waals surface area contributed by atoms with Crippen LogP contribution in [0, 0.1) is 13.8 Å². The summed E-state index contributed by atoms with van der Waals surface area (Å²) >= 11 is 1.68. The molecule has 1 unspecified atom stereocenters. The van der Waals surface area contributed by atoms with Crippen molar-refractivity contribution in [2.45, 2.75) is 53.2 Å². The van der Waals surface area contributed by atoms with E-state index in [1.807, 2.05) is 6.92 Å². The van der Waals surface area contributed by atoms with Crippen LogP contribution in [0.25, 0.3) is 0 Å². The van der Waals surface area contributed by atoms with E-state index in [-0.39, 0.29) is 6.04 Å². The molecule has 1 aromatic heterocycles. The summed E-state index contributed by atoms with van der Waals surface area (Å²) in [4.78, 5) is 5.89. The Labute approximate surface area is 131 Å². The molecule has 2 N–H and O–H groups in total. The van der Waals surface area contributed by atoms with Crippen molar-refractivity contribution in [3.8, 4) is 5.75 Å². The molecule has 2 rings (SSSR count). The number of thiazole rings is 1. The second kappa shape index (κ2) is 7.05. The molecule has 0 aliphatic carbocycles. The summed E-state index contributed by atoms with van der Waals surface area (Å²) in [6.45, 7) is 8.83. The first kappa shape index (κ1) is 16.0. The second-order valence-electron chi connectivity index (χ2n) is 5.51. The first-order valence-corrected chi connectivity index (χ1v) is 8.27. The lowest BCUT2D eigenvalue weighted by atomic mass is 10.1. The predicted octanol–water partition coefficient (Wildman–Crippen LogP) is 4.31. The molecular weight excluding hydrogens is 280 g/mol. The van der Waals surface area contributed by atoms with E-state index in [0.717, 1.165) is 34.9 Å². The molecule has 0 bridgehead atoms. The van der Waals surface area contributed by atoms with Crippen LogP contribution in [-0.4, -0.2) is 4.98 Å². The minimum atomic E-state index is 0.0403. The maximum absolute atomic E-state index is 6.04. The van der Waals surface area contributed by atoms with Gasteiger partial charge in [-0.05, 0) is 44.4 Å². The maximum Gasteiger partial charge on any atom is 0.140 e. The van der Waals surface area contributed by atoms with Gasteiger partial charge in [0.2, 0.25) is 0 Å². The fraction of sp³-hybridized carbons (Fsp3) is 0.471. The van der Waals surface area contributed by atoms with Crippen LogP contribution in [0.4, 0.5) is 0 Å². The van der Waals surface area contributed by atoms with E-state index < -0.39 is 0 Å². The fourth-order valence-corrected chi connectivity index (χ4v) is 3.23. The zero-order chi connectivity index (χ0) is 15.4. The molecular formula is C17H24N2OS. The molecule has 0 amide bonds. The van der Waals surface area contributed by atoms with Crippen molar-refractivity contribution in [3.05, 3.63) is 44.9 Å². The van der Waals surface area contributed by atoms with Crippen LogP contribution < -0.4 is 10.5 Å². The van der Waals surface area contributed by atoms with Crippen molar-refractivity contribution >= 4 is 11.3 Å². The Bertz CT molecular complexity index is 605. The summed E-state index contributed by atoms with van der Waals surface area (Å²) in [6, 6.07) is 6.29. The topological polar surface area (TPSA) is 48.1 Å². The standard InChI is InChI=1S/C17H24N2OS/c1-5-6-14-17(13(4)18)21-16(19-14)10-20-15-9-11(2)7-8-12(15)3/h7-9,13H,5-6,10,18H2,1-4H3. The van der Waals surface area contributed by atoms with E-state index in [1.165, 1.54) is 10.4 Å². The SMILES string of the molecule is CCCc1nc(COc2cc(C)ccc2C)sc1C(C)N. The van der Waals surface area contributed by atoms with Crippen molar-refractivity contribution in [1.29, 1.82) is 0 Å². The number of nitrogens with two attached hydrogens (primary N) is 1. The Morgan fingerprint density at radius 1 is 1.33 bits per heavy atom. The van der Waals surface area contributed by atoms with Crippen LogP contribution in [0.15, 0.2) is 18.2 Å². The first-order valence-electron chi connectivity index (χ1n) is 7.45. The molecule has 0 saturated heterocycles. The normalized spacial score (nSPS) is 12.4. The van der Waals surface area contributed by atoms with Gasteiger partial charge in [0.25, 0.3) is 0 Å². The summed E-state index contributed by atoms with van der Waals surface area (Å²) in [5.74, 6) is 0.935. The van der Waals surface area contributed by atoms with Gasteiger partial charge in [-0.15, -0.1) is 11.3 Å². The number of nitrogens with zero attached hydrogens (tertiary/aromatic N) is 1. The van der Waals surface area contributed by atoms with Gasteiger partial charge in [-0.2, -0.15) is 0 Å². The van der Waals surface area contributed by atoms with Crippen molar-refractivity contribution in [2.75, 3.05) is 0 Å². The van der Waals surface area contributed by atoms with Gasteiger partial charge in [-0.3, -0.25) is 0 Å². The molecule has 1 atom stereocenters. The van der Waals surface area contributed by atoms with E-state index in [0.29, 0.717) is 6.61 Å². The van der Waals surface area contributed by atoms with Gasteiger partial charge >= 0.3 is 0 Å². The van der Waals surface area contributed by atoms with Gasteiger partial charge < -0.3 is 10.5 Å². The molecule has 3 nitrogen and oxygen atoms in total. The van der Waals surface area contributed by atoms with Gasteiger partial charge in [-0.25, -0.2) is 4.98 Å². The van der Waals surface area contributed by atoms with Gasteiger partial charge in [0.05, 0.1) is 5.69 Å². The Morgan fingerprint density at radius 2 is 2.10 bits per heavy atom. The molecule has 1 aromatic carbocycles. The minimum absolute atomic E-state index is 0.0403. The van der Waals surface area contributed by atoms with E-state index in [1.54, 1.807) is 11.3 Å². The molecule has 0 saturated carbocycles. The Balaban J connectivity index is 2.12. The minimum Gasteiger partial charge on any atom is -0.486 e. The maximum atomic E-state index is 6.04. The average Bonchev–Trinajstić information content (AvgIpc) is 2.84. The Kier molecular flexibility index (Phi) is 5.37. The quantitative estimate of drug-likeness (QED) is 0.865. The van der Waals surface area contributed by atoms with Crippen LogP contribution in [0.2, 0.25) is 0 Å². The van der Waals surface area contributed by atoms with Crippen LogP contribution >= 0.6 is 11.3 Å². The lowest BCUT2D eigenvalue weighted by Crippen LogP contribution is -2.05. The van der Waals surface area contributed by atoms with Crippen molar-refractivity contribution in [1.82, 2.24) is 4.98 Å². The first-order chi connectivity index (χ1) is 10.0. The Hall–Kier alpha value is -1.39. The number of aromatic nitrogens is 1. The molecule has 0 spiro atoms. The number of aryl methyl sites for hydroxylation is 3. The monoisotopic (exact) mass is 304 g/mol. The van der Waals surface area contributed by atoms with Gasteiger partial charge in [0, 0.05) is 10.9 Å². The Morgan fingerprint density at radius 3 is 2.76 bits per heavy atom. The average molecular weight is 304 g/mol. The molecule has 114 valence electrons. The van der Waals surface area contributed by atoms with Crippen LogP contribution in [0.3, 0.4) is 0 Å². The largest absolute Gasteiger partial charge is 0.486 e. The molecule has 1 heterocycles. The smallest absolute Gasteiger partial charge is 0.140 e. The molecule has 21 heavy (non-hydrogen) atoms. The zero-order valence-corrected chi connectivity index (χ0v) is 14.1. The van der Waals surface area contributed by atoms with E-state index in [9.17, 15) is 0 Å². The summed E-state index contributed by atoms with van der Waals surface area (Å²) in [7, 11) is 0. The van der Waals surface area contributed by atoms with Crippen LogP contribution in [-0.2, 0) is 13.0 Å². The zero-order valence-electron chi connectivity index (χ0n) is 13.3. The van der Waals surface area contributed by atoms with E-state index in [4.69, 9.17) is 15.5 Å². The molecule has 0 fully saturated rings. The molecule has 2 aromatic rings. The molecule has 0 radical (unpaired) electrons. The van der Waals surface area contributed by atoms with E-state index >= 15 is 0 Å². The van der Waals surface area contributed by atoms with Crippen molar-refractivity contribution in [2.24, 2.45) is 5.73 Å². The van der Waals surface area contributed by atoms with Crippen LogP contribution in [0.5, 0.6) is 5.75 Å². The van der Waals surface area contributed by atoms with Gasteiger partial charge in [0.15, 0.2) is 0 Å². The van der Waals surface area contributed by atoms with Gasteiger partial charge in [-0.1, -0.05) is 25.5 Å². The second-order valence-corrected chi connectivity index (χ2v) is 6.63. The highest BCUT2D eigenvalue weighted by molar-refractivity contribution is 7.11. The summed E-state index contributed by atoms with van der Waals surface area (Å²) in [6.07, 6.45) is 2.07. The summed E-state index contributed by atoms with van der Waals surface area (Å²) < 4.78 is 5.94. The fourth-order valence-electron chi connectivity index (χ4n) is 2.25. The third kappa shape index (κ3) is 4.05. The lowest BCUT2D eigenvalue weighted by molar-refractivity contribution is 0.303. The molecule has 0 aliphatic heterocycles.